The Bertz CT molecular complexity index is 742. The average Bonchev–Trinajstić information content (AvgIpc) is 2.62. The first-order valence-electron chi connectivity index (χ1n) is 8.35. The van der Waals surface area contributed by atoms with Crippen molar-refractivity contribution in [3.05, 3.63) is 107 Å². The summed E-state index contributed by atoms with van der Waals surface area (Å²) in [5.74, 6) is -0.984. The highest BCUT2D eigenvalue weighted by molar-refractivity contribution is 5.51. The molecule has 0 aliphatic carbocycles. The molecule has 4 heteroatoms. The number of rotatable bonds is 5. The van der Waals surface area contributed by atoms with E-state index in [-0.39, 0.29) is 17.5 Å². The van der Waals surface area contributed by atoms with Crippen molar-refractivity contribution in [2.24, 2.45) is 0 Å². The summed E-state index contributed by atoms with van der Waals surface area (Å²) in [6.45, 7) is 0.551. The molecule has 3 aromatic rings. The molecule has 0 N–H and O–H groups in total. The molecule has 0 atom stereocenters. The zero-order valence-electron chi connectivity index (χ0n) is 14.7. The van der Waals surface area contributed by atoms with Gasteiger partial charge in [-0.1, -0.05) is 36.4 Å². The molecule has 0 fully saturated rings. The summed E-state index contributed by atoms with van der Waals surface area (Å²) in [6.07, 6.45) is 0. The van der Waals surface area contributed by atoms with Crippen LogP contribution in [0.25, 0.3) is 0 Å². The van der Waals surface area contributed by atoms with Gasteiger partial charge in [0.2, 0.25) is 0 Å². The lowest BCUT2D eigenvalue weighted by atomic mass is 9.69. The van der Waals surface area contributed by atoms with Crippen molar-refractivity contribution >= 4 is 0 Å². The van der Waals surface area contributed by atoms with E-state index in [4.69, 9.17) is 0 Å². The molecule has 0 unspecified atom stereocenters. The van der Waals surface area contributed by atoms with E-state index in [0.717, 1.165) is 16.7 Å². The van der Waals surface area contributed by atoms with Gasteiger partial charge in [-0.15, -0.1) is 0 Å². The zero-order chi connectivity index (χ0) is 18.7. The van der Waals surface area contributed by atoms with Crippen LogP contribution in [0.2, 0.25) is 0 Å². The molecule has 1 nitrogen and oxygen atoms in total. The van der Waals surface area contributed by atoms with E-state index >= 15 is 0 Å². The summed E-state index contributed by atoms with van der Waals surface area (Å²) >= 11 is 0. The SMILES string of the molecule is CN(C)CC(c1ccc(F)cc1)(c1ccc(F)cc1)c1ccc(F)cc1. The normalized spacial score (nSPS) is 11.8. The van der Waals surface area contributed by atoms with Crippen LogP contribution in [-0.2, 0) is 5.41 Å². The number of hydrogen-bond donors (Lipinski definition) is 0. The van der Waals surface area contributed by atoms with Gasteiger partial charge in [0, 0.05) is 6.54 Å². The molecule has 0 saturated carbocycles. The van der Waals surface area contributed by atoms with Crippen molar-refractivity contribution in [3.63, 3.8) is 0 Å². The van der Waals surface area contributed by atoms with Gasteiger partial charge in [-0.3, -0.25) is 0 Å². The second-order valence-corrected chi connectivity index (χ2v) is 6.66. The van der Waals surface area contributed by atoms with Crippen LogP contribution >= 0.6 is 0 Å². The minimum absolute atomic E-state index is 0.328. The molecule has 0 saturated heterocycles. The van der Waals surface area contributed by atoms with Crippen LogP contribution in [0.4, 0.5) is 13.2 Å². The molecule has 0 radical (unpaired) electrons. The maximum atomic E-state index is 13.5. The first-order valence-corrected chi connectivity index (χ1v) is 8.35. The molecule has 0 aliphatic heterocycles. The van der Waals surface area contributed by atoms with Gasteiger partial charge in [-0.25, -0.2) is 13.2 Å². The summed E-state index contributed by atoms with van der Waals surface area (Å²) in [5, 5.41) is 0. The van der Waals surface area contributed by atoms with E-state index < -0.39 is 5.41 Å². The maximum Gasteiger partial charge on any atom is 0.123 e. The molecule has 0 heterocycles. The summed E-state index contributed by atoms with van der Waals surface area (Å²) in [5.41, 5.74) is 1.86. The van der Waals surface area contributed by atoms with Crippen molar-refractivity contribution in [1.82, 2.24) is 4.90 Å². The van der Waals surface area contributed by atoms with Crippen molar-refractivity contribution in [1.29, 1.82) is 0 Å². The fourth-order valence-electron chi connectivity index (χ4n) is 3.45. The third kappa shape index (κ3) is 3.51. The molecule has 0 amide bonds. The maximum absolute atomic E-state index is 13.5. The average molecular weight is 355 g/mol. The molecular weight excluding hydrogens is 335 g/mol. The lowest BCUT2D eigenvalue weighted by Crippen LogP contribution is -2.40. The summed E-state index contributed by atoms with van der Waals surface area (Å²) in [4.78, 5) is 2.01. The second-order valence-electron chi connectivity index (χ2n) is 6.66. The van der Waals surface area contributed by atoms with Crippen LogP contribution in [-0.4, -0.2) is 25.5 Å². The monoisotopic (exact) mass is 355 g/mol. The highest BCUT2D eigenvalue weighted by Crippen LogP contribution is 2.40. The topological polar surface area (TPSA) is 3.24 Å². The predicted octanol–water partition coefficient (Wildman–Crippen LogP) is 5.00. The van der Waals surface area contributed by atoms with Crippen molar-refractivity contribution in [3.8, 4) is 0 Å². The molecule has 0 aromatic heterocycles. The Morgan fingerprint density at radius 3 is 1.08 bits per heavy atom. The molecule has 3 rings (SSSR count). The first-order chi connectivity index (χ1) is 12.4. The van der Waals surface area contributed by atoms with Crippen LogP contribution in [0, 0.1) is 17.5 Å². The van der Waals surface area contributed by atoms with Gasteiger partial charge < -0.3 is 4.90 Å². The quantitative estimate of drug-likeness (QED) is 0.582. The van der Waals surface area contributed by atoms with Crippen LogP contribution in [0.15, 0.2) is 72.8 Å². The molecule has 26 heavy (non-hydrogen) atoms. The minimum Gasteiger partial charge on any atom is -0.308 e. The van der Waals surface area contributed by atoms with Crippen molar-refractivity contribution < 1.29 is 13.2 Å². The van der Waals surface area contributed by atoms with Crippen LogP contribution in [0.1, 0.15) is 16.7 Å². The van der Waals surface area contributed by atoms with E-state index in [2.05, 4.69) is 0 Å². The smallest absolute Gasteiger partial charge is 0.123 e. The Hall–Kier alpha value is -2.59. The second kappa shape index (κ2) is 7.34. The number of likely N-dealkylation sites (N-methyl/N-ethyl adjacent to an activating group) is 1. The van der Waals surface area contributed by atoms with Crippen molar-refractivity contribution in [2.75, 3.05) is 20.6 Å². The number of hydrogen-bond acceptors (Lipinski definition) is 1. The molecule has 0 aliphatic rings. The largest absolute Gasteiger partial charge is 0.308 e. The third-order valence-corrected chi connectivity index (χ3v) is 4.56. The van der Waals surface area contributed by atoms with Gasteiger partial charge in [0.05, 0.1) is 5.41 Å². The van der Waals surface area contributed by atoms with Crippen LogP contribution < -0.4 is 0 Å². The lowest BCUT2D eigenvalue weighted by Gasteiger charge is -2.38. The van der Waals surface area contributed by atoms with E-state index in [9.17, 15) is 13.2 Å². The zero-order valence-corrected chi connectivity index (χ0v) is 14.7. The van der Waals surface area contributed by atoms with Crippen LogP contribution in [0.5, 0.6) is 0 Å². The summed E-state index contributed by atoms with van der Waals surface area (Å²) < 4.78 is 40.6. The van der Waals surface area contributed by atoms with E-state index in [1.807, 2.05) is 19.0 Å². The van der Waals surface area contributed by atoms with E-state index in [1.165, 1.54) is 36.4 Å². The highest BCUT2D eigenvalue weighted by atomic mass is 19.1. The first kappa shape index (κ1) is 18.2. The standard InChI is InChI=1S/C22H20F3N/c1-26(2)15-22(16-3-9-19(23)10-4-16,17-5-11-20(24)12-6-17)18-7-13-21(25)14-8-18/h3-14H,15H2,1-2H3. The Labute approximate surface area is 151 Å². The van der Waals surface area contributed by atoms with Gasteiger partial charge in [-0.05, 0) is 67.2 Å². The molecule has 134 valence electrons. The Balaban J connectivity index is 2.31. The van der Waals surface area contributed by atoms with Gasteiger partial charge in [-0.2, -0.15) is 0 Å². The van der Waals surface area contributed by atoms with Gasteiger partial charge >= 0.3 is 0 Å². The third-order valence-electron chi connectivity index (χ3n) is 4.56. The fourth-order valence-corrected chi connectivity index (χ4v) is 3.45. The van der Waals surface area contributed by atoms with Crippen molar-refractivity contribution in [2.45, 2.75) is 5.41 Å². The Morgan fingerprint density at radius 2 is 0.846 bits per heavy atom. The highest BCUT2D eigenvalue weighted by Gasteiger charge is 2.37. The Kier molecular flexibility index (Phi) is 5.14. The summed E-state index contributed by atoms with van der Waals surface area (Å²) in [6, 6.07) is 18.8. The molecule has 0 spiro atoms. The molecule has 0 bridgehead atoms. The lowest BCUT2D eigenvalue weighted by molar-refractivity contribution is 0.346. The van der Waals surface area contributed by atoms with Gasteiger partial charge in [0.15, 0.2) is 0 Å². The van der Waals surface area contributed by atoms with E-state index in [0.29, 0.717) is 6.54 Å². The fraction of sp³-hybridized carbons (Fsp3) is 0.182. The molecule has 3 aromatic carbocycles. The number of benzene rings is 3. The number of nitrogens with zero attached hydrogens (tertiary/aromatic N) is 1. The Morgan fingerprint density at radius 1 is 0.577 bits per heavy atom. The van der Waals surface area contributed by atoms with Crippen LogP contribution in [0.3, 0.4) is 0 Å². The molecular formula is C22H20F3N. The van der Waals surface area contributed by atoms with Gasteiger partial charge in [0.25, 0.3) is 0 Å². The van der Waals surface area contributed by atoms with Gasteiger partial charge in [0.1, 0.15) is 17.5 Å². The van der Waals surface area contributed by atoms with E-state index in [1.54, 1.807) is 36.4 Å². The minimum atomic E-state index is -0.696. The summed E-state index contributed by atoms with van der Waals surface area (Å²) in [7, 11) is 3.87. The number of halogens is 3. The predicted molar refractivity (Wildman–Crippen MR) is 97.6 cm³/mol.